The van der Waals surface area contributed by atoms with Crippen molar-refractivity contribution in [3.8, 4) is 0 Å². The lowest BCUT2D eigenvalue weighted by atomic mass is 9.75. The predicted octanol–water partition coefficient (Wildman–Crippen LogP) is 6.15. The first-order valence-electron chi connectivity index (χ1n) is 13.3. The van der Waals surface area contributed by atoms with Crippen LogP contribution in [0.5, 0.6) is 0 Å². The molecule has 1 saturated carbocycles. The highest BCUT2D eigenvalue weighted by atomic mass is 16.7. The van der Waals surface area contributed by atoms with Gasteiger partial charge in [0.2, 0.25) is 0 Å². The lowest BCUT2D eigenvalue weighted by Crippen LogP contribution is -2.53. The topological polar surface area (TPSA) is 48.0 Å². The first-order valence-corrected chi connectivity index (χ1v) is 13.3. The van der Waals surface area contributed by atoms with Crippen LogP contribution in [0.3, 0.4) is 0 Å². The number of nitrogens with zero attached hydrogens (tertiary/aromatic N) is 1. The van der Waals surface area contributed by atoms with Crippen molar-refractivity contribution in [3.63, 3.8) is 0 Å². The summed E-state index contributed by atoms with van der Waals surface area (Å²) in [6.07, 6.45) is 3.28. The molecule has 2 aromatic rings. The van der Waals surface area contributed by atoms with Gasteiger partial charge in [0.15, 0.2) is 0 Å². The minimum absolute atomic E-state index is 0.0267. The largest absolute Gasteiger partial charge is 0.494 e. The van der Waals surface area contributed by atoms with E-state index in [-0.39, 0.29) is 35.4 Å². The Morgan fingerprint density at radius 1 is 0.833 bits per heavy atom. The van der Waals surface area contributed by atoms with Crippen molar-refractivity contribution < 1.29 is 18.8 Å². The lowest BCUT2D eigenvalue weighted by molar-refractivity contribution is -0.0846. The number of carbonyl (C=O) groups is 1. The van der Waals surface area contributed by atoms with E-state index in [2.05, 4.69) is 84.9 Å². The number of amides is 1. The Balaban J connectivity index is 1.36. The maximum Gasteiger partial charge on any atom is 0.494 e. The fourth-order valence-electron chi connectivity index (χ4n) is 5.84. The zero-order valence-electron chi connectivity index (χ0n) is 22.9. The van der Waals surface area contributed by atoms with E-state index < -0.39 is 5.60 Å². The van der Waals surface area contributed by atoms with Crippen LogP contribution in [0.25, 0.3) is 0 Å². The normalized spacial score (nSPS) is 26.6. The summed E-state index contributed by atoms with van der Waals surface area (Å²) in [5.74, 6) is 0. The summed E-state index contributed by atoms with van der Waals surface area (Å²) in [6.45, 7) is 15.6. The van der Waals surface area contributed by atoms with Crippen LogP contribution in [-0.4, -0.2) is 35.9 Å². The smallest absolute Gasteiger partial charge is 0.438 e. The highest BCUT2D eigenvalue weighted by Crippen LogP contribution is 2.54. The first kappa shape index (κ1) is 25.3. The Morgan fingerprint density at radius 3 is 1.92 bits per heavy atom. The van der Waals surface area contributed by atoms with E-state index in [0.29, 0.717) is 6.54 Å². The fraction of sp³-hybridized carbons (Fsp3) is 0.567. The van der Waals surface area contributed by atoms with Crippen molar-refractivity contribution in [2.75, 3.05) is 6.54 Å². The lowest BCUT2D eigenvalue weighted by Gasteiger charge is -2.46. The minimum atomic E-state index is -0.593. The molecule has 36 heavy (non-hydrogen) atoms. The van der Waals surface area contributed by atoms with Crippen molar-refractivity contribution in [1.29, 1.82) is 0 Å². The Kier molecular flexibility index (Phi) is 5.88. The summed E-state index contributed by atoms with van der Waals surface area (Å²) >= 11 is 0. The second kappa shape index (κ2) is 8.36. The van der Waals surface area contributed by atoms with E-state index in [1.54, 1.807) is 0 Å². The number of hydrogen-bond donors (Lipinski definition) is 0. The SMILES string of the molecule is CC(C)(C)CC1(c2ccccc2)CCN(C2(c3ccc(B4OC(C)(C)C(C)(C)O4)cc3)CC2)C(=O)O1. The van der Waals surface area contributed by atoms with E-state index in [0.717, 1.165) is 42.3 Å². The third-order valence-electron chi connectivity index (χ3n) is 8.57. The van der Waals surface area contributed by atoms with Crippen LogP contribution >= 0.6 is 0 Å². The number of ether oxygens (including phenoxy) is 1. The molecule has 0 radical (unpaired) electrons. The van der Waals surface area contributed by atoms with Gasteiger partial charge in [0.25, 0.3) is 0 Å². The molecule has 0 aromatic heterocycles. The zero-order valence-corrected chi connectivity index (χ0v) is 22.9. The van der Waals surface area contributed by atoms with Gasteiger partial charge in [0, 0.05) is 13.0 Å². The molecule has 192 valence electrons. The highest BCUT2D eigenvalue weighted by molar-refractivity contribution is 6.62. The molecule has 2 saturated heterocycles. The number of benzene rings is 2. The molecule has 6 heteroatoms. The summed E-state index contributed by atoms with van der Waals surface area (Å²) in [7, 11) is -0.386. The molecule has 1 atom stereocenters. The fourth-order valence-corrected chi connectivity index (χ4v) is 5.84. The molecule has 0 spiro atoms. The molecular weight excluding hydrogens is 449 g/mol. The molecule has 0 N–H and O–H groups in total. The average Bonchev–Trinajstić information content (AvgIpc) is 3.55. The van der Waals surface area contributed by atoms with Crippen LogP contribution in [0.2, 0.25) is 0 Å². The number of cyclic esters (lactones) is 1. The average molecular weight is 489 g/mol. The van der Waals surface area contributed by atoms with Gasteiger partial charge in [-0.05, 0) is 69.0 Å². The third-order valence-corrected chi connectivity index (χ3v) is 8.57. The molecule has 2 aromatic carbocycles. The van der Waals surface area contributed by atoms with Gasteiger partial charge >= 0.3 is 13.2 Å². The van der Waals surface area contributed by atoms with Crippen molar-refractivity contribution >= 4 is 18.7 Å². The molecule has 2 heterocycles. The number of hydrogen-bond acceptors (Lipinski definition) is 4. The monoisotopic (exact) mass is 489 g/mol. The second-order valence-corrected chi connectivity index (χ2v) is 13.1. The van der Waals surface area contributed by atoms with Crippen LogP contribution < -0.4 is 5.46 Å². The van der Waals surface area contributed by atoms with E-state index in [4.69, 9.17) is 14.0 Å². The van der Waals surface area contributed by atoms with Gasteiger partial charge in [-0.3, -0.25) is 4.90 Å². The van der Waals surface area contributed by atoms with Gasteiger partial charge in [-0.25, -0.2) is 4.79 Å². The zero-order chi connectivity index (χ0) is 26.0. The summed E-state index contributed by atoms with van der Waals surface area (Å²) in [6, 6.07) is 18.7. The Bertz CT molecular complexity index is 1100. The van der Waals surface area contributed by atoms with Gasteiger partial charge in [-0.15, -0.1) is 0 Å². The van der Waals surface area contributed by atoms with Crippen LogP contribution in [0.4, 0.5) is 4.79 Å². The first-order chi connectivity index (χ1) is 16.8. The van der Waals surface area contributed by atoms with E-state index >= 15 is 0 Å². The van der Waals surface area contributed by atoms with Crippen LogP contribution in [-0.2, 0) is 25.2 Å². The highest BCUT2D eigenvalue weighted by Gasteiger charge is 2.57. The summed E-state index contributed by atoms with van der Waals surface area (Å²) in [5, 5.41) is 0. The molecular formula is C30H40BNO4. The van der Waals surface area contributed by atoms with Crippen molar-refractivity contribution in [2.24, 2.45) is 5.41 Å². The standard InChI is InChI=1S/C30H40BNO4/c1-26(2,3)21-30(23-11-9-8-10-12-23)19-20-32(25(33)34-30)29(17-18-29)22-13-15-24(16-14-22)31-35-27(4,5)28(6,7)36-31/h8-16H,17-21H2,1-7H3. The third kappa shape index (κ3) is 4.37. The molecule has 3 aliphatic rings. The van der Waals surface area contributed by atoms with Gasteiger partial charge in [0.05, 0.1) is 16.7 Å². The molecule has 1 unspecified atom stereocenters. The van der Waals surface area contributed by atoms with E-state index in [1.165, 1.54) is 0 Å². The summed E-state index contributed by atoms with van der Waals surface area (Å²) in [4.78, 5) is 15.6. The predicted molar refractivity (Wildman–Crippen MR) is 143 cm³/mol. The molecule has 0 bridgehead atoms. The quantitative estimate of drug-likeness (QED) is 0.473. The molecule has 2 aliphatic heterocycles. The Labute approximate surface area is 216 Å². The van der Waals surface area contributed by atoms with Crippen molar-refractivity contribution in [3.05, 3.63) is 65.7 Å². The van der Waals surface area contributed by atoms with Crippen LogP contribution in [0.1, 0.15) is 85.3 Å². The van der Waals surface area contributed by atoms with Crippen LogP contribution in [0.15, 0.2) is 54.6 Å². The van der Waals surface area contributed by atoms with Crippen LogP contribution in [0, 0.1) is 5.41 Å². The van der Waals surface area contributed by atoms with E-state index in [1.807, 2.05) is 23.1 Å². The minimum Gasteiger partial charge on any atom is -0.438 e. The summed E-state index contributed by atoms with van der Waals surface area (Å²) < 4.78 is 18.8. The van der Waals surface area contributed by atoms with Crippen molar-refractivity contribution in [2.45, 2.75) is 96.5 Å². The number of rotatable bonds is 5. The second-order valence-electron chi connectivity index (χ2n) is 13.1. The van der Waals surface area contributed by atoms with Crippen molar-refractivity contribution in [1.82, 2.24) is 4.90 Å². The van der Waals surface area contributed by atoms with Gasteiger partial charge in [-0.1, -0.05) is 75.4 Å². The molecule has 1 aliphatic carbocycles. The van der Waals surface area contributed by atoms with Gasteiger partial charge in [-0.2, -0.15) is 0 Å². The molecule has 1 amide bonds. The maximum atomic E-state index is 13.6. The van der Waals surface area contributed by atoms with Gasteiger partial charge < -0.3 is 14.0 Å². The van der Waals surface area contributed by atoms with Gasteiger partial charge in [0.1, 0.15) is 5.60 Å². The summed E-state index contributed by atoms with van der Waals surface area (Å²) in [5.41, 5.74) is 1.65. The molecule has 5 nitrogen and oxygen atoms in total. The molecule has 5 rings (SSSR count). The number of carbonyl (C=O) groups excluding carboxylic acids is 1. The molecule has 3 fully saturated rings. The Morgan fingerprint density at radius 2 is 1.42 bits per heavy atom. The Hall–Kier alpha value is -2.31. The van der Waals surface area contributed by atoms with E-state index in [9.17, 15) is 4.79 Å². The maximum absolute atomic E-state index is 13.6.